The standard InChI is InChI=1S/C21H25N3O5S/c1-14-4-7-19(22-16(3)25)20(12-14)23-21(26)18-13-17(6-5-15(18)2)30(27,28)24-8-10-29-11-9-24/h4-7,12-13H,8-11H2,1-3H3,(H,22,25)(H,23,26). The van der Waals surface area contributed by atoms with Gasteiger partial charge >= 0.3 is 0 Å². The van der Waals surface area contributed by atoms with E-state index in [0.29, 0.717) is 30.2 Å². The summed E-state index contributed by atoms with van der Waals surface area (Å²) in [5.41, 5.74) is 2.70. The Bertz CT molecular complexity index is 1080. The first-order valence-corrected chi connectivity index (χ1v) is 11.0. The zero-order chi connectivity index (χ0) is 21.9. The van der Waals surface area contributed by atoms with Crippen molar-refractivity contribution in [2.24, 2.45) is 0 Å². The molecule has 9 heteroatoms. The lowest BCUT2D eigenvalue weighted by Crippen LogP contribution is -2.40. The molecule has 0 atom stereocenters. The topological polar surface area (TPSA) is 105 Å². The van der Waals surface area contributed by atoms with Crippen molar-refractivity contribution in [2.75, 3.05) is 36.9 Å². The highest BCUT2D eigenvalue weighted by Gasteiger charge is 2.27. The van der Waals surface area contributed by atoms with Gasteiger partial charge in [-0.05, 0) is 49.2 Å². The average molecular weight is 432 g/mol. The molecule has 160 valence electrons. The van der Waals surface area contributed by atoms with Gasteiger partial charge in [-0.3, -0.25) is 9.59 Å². The van der Waals surface area contributed by atoms with Crippen LogP contribution in [-0.4, -0.2) is 50.8 Å². The average Bonchev–Trinajstić information content (AvgIpc) is 2.70. The zero-order valence-electron chi connectivity index (χ0n) is 17.2. The molecule has 1 aliphatic heterocycles. The molecule has 1 saturated heterocycles. The maximum Gasteiger partial charge on any atom is 0.256 e. The molecule has 0 saturated carbocycles. The van der Waals surface area contributed by atoms with Gasteiger partial charge in [0, 0.05) is 25.6 Å². The second-order valence-electron chi connectivity index (χ2n) is 7.18. The highest BCUT2D eigenvalue weighted by Crippen LogP contribution is 2.26. The van der Waals surface area contributed by atoms with E-state index in [2.05, 4.69) is 10.6 Å². The van der Waals surface area contributed by atoms with Crippen molar-refractivity contribution in [3.8, 4) is 0 Å². The van der Waals surface area contributed by atoms with Crippen LogP contribution in [0.15, 0.2) is 41.3 Å². The maximum absolute atomic E-state index is 13.0. The van der Waals surface area contributed by atoms with Gasteiger partial charge in [0.1, 0.15) is 0 Å². The lowest BCUT2D eigenvalue weighted by Gasteiger charge is -2.26. The third-order valence-corrected chi connectivity index (χ3v) is 6.69. The minimum absolute atomic E-state index is 0.0616. The van der Waals surface area contributed by atoms with E-state index >= 15 is 0 Å². The van der Waals surface area contributed by atoms with Crippen LogP contribution in [0.25, 0.3) is 0 Å². The van der Waals surface area contributed by atoms with Gasteiger partial charge in [0.25, 0.3) is 5.91 Å². The molecule has 0 bridgehead atoms. The Hall–Kier alpha value is -2.75. The number of benzene rings is 2. The number of carbonyl (C=O) groups excluding carboxylic acids is 2. The van der Waals surface area contributed by atoms with Crippen LogP contribution in [0.3, 0.4) is 0 Å². The number of carbonyl (C=O) groups is 2. The fourth-order valence-electron chi connectivity index (χ4n) is 3.19. The Morgan fingerprint density at radius 1 is 0.967 bits per heavy atom. The number of hydrogen-bond donors (Lipinski definition) is 2. The number of nitrogens with zero attached hydrogens (tertiary/aromatic N) is 1. The Morgan fingerprint density at radius 2 is 1.67 bits per heavy atom. The molecule has 0 unspecified atom stereocenters. The summed E-state index contributed by atoms with van der Waals surface area (Å²) in [6.07, 6.45) is 0. The molecule has 2 N–H and O–H groups in total. The molecule has 0 aromatic heterocycles. The quantitative estimate of drug-likeness (QED) is 0.757. The normalized spacial score (nSPS) is 14.9. The van der Waals surface area contributed by atoms with Crippen LogP contribution in [0.5, 0.6) is 0 Å². The summed E-state index contributed by atoms with van der Waals surface area (Å²) >= 11 is 0. The molecule has 30 heavy (non-hydrogen) atoms. The maximum atomic E-state index is 13.0. The first kappa shape index (κ1) is 21.9. The highest BCUT2D eigenvalue weighted by molar-refractivity contribution is 7.89. The van der Waals surface area contributed by atoms with Crippen LogP contribution in [0, 0.1) is 13.8 Å². The molecular formula is C21H25N3O5S. The van der Waals surface area contributed by atoms with Gasteiger partial charge in [-0.2, -0.15) is 4.31 Å². The van der Waals surface area contributed by atoms with E-state index in [9.17, 15) is 18.0 Å². The first-order valence-electron chi connectivity index (χ1n) is 9.56. The van der Waals surface area contributed by atoms with E-state index in [1.165, 1.54) is 23.4 Å². The Kier molecular flexibility index (Phi) is 6.55. The van der Waals surface area contributed by atoms with Crippen molar-refractivity contribution in [2.45, 2.75) is 25.7 Å². The molecule has 0 aliphatic carbocycles. The van der Waals surface area contributed by atoms with Crippen molar-refractivity contribution >= 4 is 33.2 Å². The van der Waals surface area contributed by atoms with Gasteiger partial charge in [-0.25, -0.2) is 8.42 Å². The molecule has 2 aromatic rings. The van der Waals surface area contributed by atoms with E-state index in [1.807, 2.05) is 13.0 Å². The summed E-state index contributed by atoms with van der Waals surface area (Å²) in [5.74, 6) is -0.715. The van der Waals surface area contributed by atoms with Gasteiger partial charge < -0.3 is 15.4 Å². The number of nitrogens with one attached hydrogen (secondary N) is 2. The van der Waals surface area contributed by atoms with Crippen LogP contribution >= 0.6 is 0 Å². The molecule has 1 fully saturated rings. The molecule has 3 rings (SSSR count). The van der Waals surface area contributed by atoms with Crippen LogP contribution in [0.1, 0.15) is 28.4 Å². The van der Waals surface area contributed by atoms with Gasteiger partial charge in [-0.15, -0.1) is 0 Å². The number of rotatable bonds is 5. The van der Waals surface area contributed by atoms with Crippen molar-refractivity contribution in [3.63, 3.8) is 0 Å². The van der Waals surface area contributed by atoms with E-state index < -0.39 is 15.9 Å². The second-order valence-corrected chi connectivity index (χ2v) is 9.12. The van der Waals surface area contributed by atoms with Crippen LogP contribution < -0.4 is 10.6 Å². The van der Waals surface area contributed by atoms with Crippen LogP contribution in [-0.2, 0) is 19.6 Å². The molecule has 0 spiro atoms. The van der Waals surface area contributed by atoms with Crippen LogP contribution in [0.4, 0.5) is 11.4 Å². The SMILES string of the molecule is CC(=O)Nc1ccc(C)cc1NC(=O)c1cc(S(=O)(=O)N2CCOCC2)ccc1C. The number of aryl methyl sites for hydroxylation is 2. The van der Waals surface area contributed by atoms with Crippen molar-refractivity contribution in [1.82, 2.24) is 4.31 Å². The Balaban J connectivity index is 1.91. The number of morpholine rings is 1. The fourth-order valence-corrected chi connectivity index (χ4v) is 4.63. The minimum Gasteiger partial charge on any atom is -0.379 e. The van der Waals surface area contributed by atoms with Crippen molar-refractivity contribution in [3.05, 3.63) is 53.1 Å². The predicted octanol–water partition coefficient (Wildman–Crippen LogP) is 2.54. The summed E-state index contributed by atoms with van der Waals surface area (Å²) in [4.78, 5) is 24.5. The monoisotopic (exact) mass is 431 g/mol. The van der Waals surface area contributed by atoms with Gasteiger partial charge in [0.2, 0.25) is 15.9 Å². The number of anilines is 2. The number of ether oxygens (including phenoxy) is 1. The van der Waals surface area contributed by atoms with E-state index in [1.54, 1.807) is 25.1 Å². The van der Waals surface area contributed by atoms with Crippen LogP contribution in [0.2, 0.25) is 0 Å². The lowest BCUT2D eigenvalue weighted by atomic mass is 10.1. The van der Waals surface area contributed by atoms with E-state index in [4.69, 9.17) is 4.74 Å². The lowest BCUT2D eigenvalue weighted by molar-refractivity contribution is -0.114. The molecule has 0 radical (unpaired) electrons. The minimum atomic E-state index is -3.72. The zero-order valence-corrected chi connectivity index (χ0v) is 18.0. The van der Waals surface area contributed by atoms with E-state index in [-0.39, 0.29) is 29.5 Å². The third-order valence-electron chi connectivity index (χ3n) is 4.80. The predicted molar refractivity (Wildman–Crippen MR) is 114 cm³/mol. The largest absolute Gasteiger partial charge is 0.379 e. The molecule has 2 amide bonds. The fraction of sp³-hybridized carbons (Fsp3) is 0.333. The molecule has 2 aromatic carbocycles. The van der Waals surface area contributed by atoms with Crippen molar-refractivity contribution in [1.29, 1.82) is 0 Å². The summed E-state index contributed by atoms with van der Waals surface area (Å²) in [5, 5.41) is 5.47. The highest BCUT2D eigenvalue weighted by atomic mass is 32.2. The second kappa shape index (κ2) is 8.95. The van der Waals surface area contributed by atoms with Crippen molar-refractivity contribution < 1.29 is 22.7 Å². The molecule has 8 nitrogen and oxygen atoms in total. The summed E-state index contributed by atoms with van der Waals surface area (Å²) < 4.78 is 32.5. The number of amides is 2. The summed E-state index contributed by atoms with van der Waals surface area (Å²) in [6.45, 7) is 6.24. The first-order chi connectivity index (χ1) is 14.2. The molecule has 1 aliphatic rings. The van der Waals surface area contributed by atoms with Gasteiger partial charge in [0.15, 0.2) is 0 Å². The molecular weight excluding hydrogens is 406 g/mol. The van der Waals surface area contributed by atoms with E-state index in [0.717, 1.165) is 5.56 Å². The number of sulfonamides is 1. The summed E-state index contributed by atoms with van der Waals surface area (Å²) in [6, 6.07) is 9.79. The molecule has 1 heterocycles. The Labute approximate surface area is 176 Å². The third kappa shape index (κ3) is 4.86. The van der Waals surface area contributed by atoms with Gasteiger partial charge in [0.05, 0.1) is 29.5 Å². The summed E-state index contributed by atoms with van der Waals surface area (Å²) in [7, 11) is -3.72. The van der Waals surface area contributed by atoms with Gasteiger partial charge in [-0.1, -0.05) is 12.1 Å². The Morgan fingerprint density at radius 3 is 2.33 bits per heavy atom. The smallest absolute Gasteiger partial charge is 0.256 e. The number of hydrogen-bond acceptors (Lipinski definition) is 5.